The lowest BCUT2D eigenvalue weighted by molar-refractivity contribution is -0.130. The minimum absolute atomic E-state index is 0.00659. The van der Waals surface area contributed by atoms with E-state index in [1.165, 1.54) is 29.7 Å². The molecule has 2 aliphatic rings. The number of carbonyl (C=O) groups excluding carboxylic acids is 2. The van der Waals surface area contributed by atoms with E-state index >= 15 is 0 Å². The number of anilines is 1. The lowest BCUT2D eigenvalue weighted by Crippen LogP contribution is -2.44. The number of likely N-dealkylation sites (tertiary alicyclic amines) is 1. The molecule has 0 unspecified atom stereocenters. The quantitative estimate of drug-likeness (QED) is 0.844. The zero-order chi connectivity index (χ0) is 17.1. The van der Waals surface area contributed by atoms with E-state index in [0.29, 0.717) is 25.4 Å². The van der Waals surface area contributed by atoms with E-state index in [-0.39, 0.29) is 18.0 Å². The SMILES string of the molecule is C=CCN1CC[C@@H](N(C)C(=O)Nc2ccc(C3CCC3)cc2)C1=O. The Morgan fingerprint density at radius 2 is 2.04 bits per heavy atom. The van der Waals surface area contributed by atoms with Crippen molar-refractivity contribution in [1.82, 2.24) is 9.80 Å². The number of amides is 3. The van der Waals surface area contributed by atoms with Crippen LogP contribution in [0.1, 0.15) is 37.2 Å². The molecule has 1 aromatic carbocycles. The number of benzene rings is 1. The normalized spacial score (nSPS) is 20.6. The van der Waals surface area contributed by atoms with Gasteiger partial charge in [-0.25, -0.2) is 4.79 Å². The van der Waals surface area contributed by atoms with E-state index < -0.39 is 0 Å². The summed E-state index contributed by atoms with van der Waals surface area (Å²) in [6.45, 7) is 4.87. The maximum Gasteiger partial charge on any atom is 0.322 e. The molecule has 0 radical (unpaired) electrons. The summed E-state index contributed by atoms with van der Waals surface area (Å²) in [7, 11) is 1.68. The van der Waals surface area contributed by atoms with Crippen LogP contribution in [-0.4, -0.2) is 47.9 Å². The molecule has 0 bridgehead atoms. The highest BCUT2D eigenvalue weighted by molar-refractivity contribution is 5.94. The Morgan fingerprint density at radius 1 is 1.33 bits per heavy atom. The number of rotatable bonds is 5. The van der Waals surface area contributed by atoms with E-state index in [2.05, 4.69) is 24.0 Å². The van der Waals surface area contributed by atoms with Gasteiger partial charge in [0.15, 0.2) is 0 Å². The van der Waals surface area contributed by atoms with Crippen LogP contribution in [0.4, 0.5) is 10.5 Å². The van der Waals surface area contributed by atoms with E-state index in [1.54, 1.807) is 18.0 Å². The molecule has 1 saturated carbocycles. The topological polar surface area (TPSA) is 52.6 Å². The zero-order valence-corrected chi connectivity index (χ0v) is 14.2. The first-order valence-corrected chi connectivity index (χ1v) is 8.63. The van der Waals surface area contributed by atoms with Crippen LogP contribution in [-0.2, 0) is 4.79 Å². The molecule has 24 heavy (non-hydrogen) atoms. The van der Waals surface area contributed by atoms with Crippen molar-refractivity contribution in [1.29, 1.82) is 0 Å². The number of nitrogens with zero attached hydrogens (tertiary/aromatic N) is 2. The molecule has 3 rings (SSSR count). The van der Waals surface area contributed by atoms with Crippen LogP contribution in [0.15, 0.2) is 36.9 Å². The molecule has 0 aromatic heterocycles. The highest BCUT2D eigenvalue weighted by Gasteiger charge is 2.35. The number of hydrogen-bond acceptors (Lipinski definition) is 2. The van der Waals surface area contributed by atoms with Gasteiger partial charge in [0.05, 0.1) is 0 Å². The summed E-state index contributed by atoms with van der Waals surface area (Å²) in [5.41, 5.74) is 2.11. The van der Waals surface area contributed by atoms with Crippen molar-refractivity contribution in [3.8, 4) is 0 Å². The monoisotopic (exact) mass is 327 g/mol. The van der Waals surface area contributed by atoms with Crippen molar-refractivity contribution in [2.75, 3.05) is 25.5 Å². The van der Waals surface area contributed by atoms with E-state index in [9.17, 15) is 9.59 Å². The number of hydrogen-bond donors (Lipinski definition) is 1. The summed E-state index contributed by atoms with van der Waals surface area (Å²) in [4.78, 5) is 28.0. The molecular formula is C19H25N3O2. The minimum atomic E-state index is -0.390. The summed E-state index contributed by atoms with van der Waals surface area (Å²) < 4.78 is 0. The van der Waals surface area contributed by atoms with Crippen molar-refractivity contribution in [3.05, 3.63) is 42.5 Å². The molecule has 1 saturated heterocycles. The smallest absolute Gasteiger partial charge is 0.322 e. The highest BCUT2D eigenvalue weighted by atomic mass is 16.2. The van der Waals surface area contributed by atoms with Gasteiger partial charge < -0.3 is 15.1 Å². The fraction of sp³-hybridized carbons (Fsp3) is 0.474. The maximum absolute atomic E-state index is 12.4. The molecule has 1 atom stereocenters. The molecule has 5 nitrogen and oxygen atoms in total. The number of likely N-dealkylation sites (N-methyl/N-ethyl adjacent to an activating group) is 1. The van der Waals surface area contributed by atoms with Crippen LogP contribution in [0.3, 0.4) is 0 Å². The van der Waals surface area contributed by atoms with Crippen molar-refractivity contribution in [2.24, 2.45) is 0 Å². The molecule has 128 valence electrons. The first-order chi connectivity index (χ1) is 11.6. The summed E-state index contributed by atoms with van der Waals surface area (Å²) in [5, 5.41) is 2.88. The average molecular weight is 327 g/mol. The van der Waals surface area contributed by atoms with Gasteiger partial charge in [-0.15, -0.1) is 6.58 Å². The van der Waals surface area contributed by atoms with Gasteiger partial charge in [0, 0.05) is 25.8 Å². The Kier molecular flexibility index (Phi) is 4.88. The van der Waals surface area contributed by atoms with Crippen LogP contribution >= 0.6 is 0 Å². The predicted octanol–water partition coefficient (Wildman–Crippen LogP) is 3.20. The number of urea groups is 1. The standard InChI is InChI=1S/C19H25N3O2/c1-3-12-22-13-11-17(18(22)23)21(2)19(24)20-16-9-7-15(8-10-16)14-5-4-6-14/h3,7-10,14,17H,1,4-6,11-13H2,2H3,(H,20,24)/t17-/m1/s1. The maximum atomic E-state index is 12.4. The third-order valence-corrected chi connectivity index (χ3v) is 5.15. The van der Waals surface area contributed by atoms with Crippen LogP contribution in [0.25, 0.3) is 0 Å². The van der Waals surface area contributed by atoms with E-state index in [0.717, 1.165) is 5.69 Å². The molecule has 1 aliphatic carbocycles. The minimum Gasteiger partial charge on any atom is -0.337 e. The molecule has 1 aromatic rings. The van der Waals surface area contributed by atoms with Crippen LogP contribution in [0.5, 0.6) is 0 Å². The Labute approximate surface area is 143 Å². The van der Waals surface area contributed by atoms with Gasteiger partial charge in [-0.05, 0) is 42.9 Å². The van der Waals surface area contributed by atoms with Gasteiger partial charge >= 0.3 is 6.03 Å². The van der Waals surface area contributed by atoms with Crippen LogP contribution in [0.2, 0.25) is 0 Å². The Hall–Kier alpha value is -2.30. The molecular weight excluding hydrogens is 302 g/mol. The first kappa shape index (κ1) is 16.6. The third-order valence-electron chi connectivity index (χ3n) is 5.15. The first-order valence-electron chi connectivity index (χ1n) is 8.63. The predicted molar refractivity (Wildman–Crippen MR) is 95.0 cm³/mol. The van der Waals surface area contributed by atoms with E-state index in [1.807, 2.05) is 12.1 Å². The molecule has 1 heterocycles. The number of nitrogens with one attached hydrogen (secondary N) is 1. The Balaban J connectivity index is 1.58. The highest BCUT2D eigenvalue weighted by Crippen LogP contribution is 2.36. The molecule has 1 aliphatic heterocycles. The zero-order valence-electron chi connectivity index (χ0n) is 14.2. The van der Waals surface area contributed by atoms with Gasteiger partial charge in [0.25, 0.3) is 0 Å². The molecule has 3 amide bonds. The summed E-state index contributed by atoms with van der Waals surface area (Å²) >= 11 is 0. The second kappa shape index (κ2) is 7.07. The largest absolute Gasteiger partial charge is 0.337 e. The average Bonchev–Trinajstić information content (AvgIpc) is 2.88. The third kappa shape index (κ3) is 3.30. The van der Waals surface area contributed by atoms with Crippen molar-refractivity contribution in [3.63, 3.8) is 0 Å². The summed E-state index contributed by atoms with van der Waals surface area (Å²) in [6.07, 6.45) is 6.21. The van der Waals surface area contributed by atoms with Gasteiger partial charge in [-0.1, -0.05) is 24.6 Å². The van der Waals surface area contributed by atoms with Crippen molar-refractivity contribution < 1.29 is 9.59 Å². The summed E-state index contributed by atoms with van der Waals surface area (Å²) in [6, 6.07) is 7.43. The van der Waals surface area contributed by atoms with Crippen molar-refractivity contribution in [2.45, 2.75) is 37.6 Å². The van der Waals surface area contributed by atoms with E-state index in [4.69, 9.17) is 0 Å². The van der Waals surface area contributed by atoms with Crippen LogP contribution < -0.4 is 5.32 Å². The van der Waals surface area contributed by atoms with Gasteiger partial charge in [0.2, 0.25) is 5.91 Å². The fourth-order valence-electron chi connectivity index (χ4n) is 3.35. The van der Waals surface area contributed by atoms with Gasteiger partial charge in [-0.2, -0.15) is 0 Å². The number of carbonyl (C=O) groups is 2. The fourth-order valence-corrected chi connectivity index (χ4v) is 3.35. The van der Waals surface area contributed by atoms with Crippen molar-refractivity contribution >= 4 is 17.6 Å². The molecule has 2 fully saturated rings. The van der Waals surface area contributed by atoms with Crippen LogP contribution in [0, 0.1) is 0 Å². The second-order valence-electron chi connectivity index (χ2n) is 6.67. The molecule has 0 spiro atoms. The molecule has 5 heteroatoms. The second-order valence-corrected chi connectivity index (χ2v) is 6.67. The Morgan fingerprint density at radius 3 is 2.62 bits per heavy atom. The lowest BCUT2D eigenvalue weighted by atomic mass is 9.80. The Bertz CT molecular complexity index is 622. The lowest BCUT2D eigenvalue weighted by Gasteiger charge is -2.26. The summed E-state index contributed by atoms with van der Waals surface area (Å²) in [5.74, 6) is 0.678. The van der Waals surface area contributed by atoms with Gasteiger partial charge in [0.1, 0.15) is 6.04 Å². The van der Waals surface area contributed by atoms with Gasteiger partial charge in [-0.3, -0.25) is 4.79 Å². The molecule has 1 N–H and O–H groups in total.